The molecule has 4 aromatic carbocycles. The number of allylic oxidation sites excluding steroid dienone is 1. The van der Waals surface area contributed by atoms with Crippen molar-refractivity contribution in [2.75, 3.05) is 13.2 Å². The van der Waals surface area contributed by atoms with Crippen LogP contribution in [0, 0.1) is 0 Å². The summed E-state index contributed by atoms with van der Waals surface area (Å²) in [6.45, 7) is 3.70. The molecule has 1 aliphatic heterocycles. The lowest BCUT2D eigenvalue weighted by Crippen LogP contribution is -2.45. The van der Waals surface area contributed by atoms with Crippen molar-refractivity contribution in [3.8, 4) is 11.5 Å². The van der Waals surface area contributed by atoms with Gasteiger partial charge in [0.1, 0.15) is 18.1 Å². The van der Waals surface area contributed by atoms with Crippen molar-refractivity contribution in [1.82, 2.24) is 16.1 Å². The molecule has 0 unspecified atom stereocenters. The van der Waals surface area contributed by atoms with Crippen LogP contribution in [-0.2, 0) is 20.9 Å². The molecule has 1 atom stereocenters. The monoisotopic (exact) mass is 642 g/mol. The molecule has 0 radical (unpaired) electrons. The Morgan fingerprint density at radius 1 is 1.00 bits per heavy atom. The van der Waals surface area contributed by atoms with Crippen molar-refractivity contribution in [3.63, 3.8) is 0 Å². The first kappa shape index (κ1) is 31.5. The van der Waals surface area contributed by atoms with Gasteiger partial charge in [-0.1, -0.05) is 72.3 Å². The summed E-state index contributed by atoms with van der Waals surface area (Å²) in [5.41, 5.74) is 5.74. The first-order chi connectivity index (χ1) is 21.8. The van der Waals surface area contributed by atoms with Crippen molar-refractivity contribution < 1.29 is 23.8 Å². The number of fused-ring (bicyclic) bond motifs is 1. The summed E-state index contributed by atoms with van der Waals surface area (Å²) in [6, 6.07) is 25.6. The second-order valence-corrected chi connectivity index (χ2v) is 10.9. The molecule has 0 fully saturated rings. The minimum Gasteiger partial charge on any atom is -0.488 e. The molecule has 230 valence electrons. The molecule has 0 bridgehead atoms. The number of amides is 1. The molecule has 0 saturated heterocycles. The smallest absolute Gasteiger partial charge is 0.338 e. The lowest BCUT2D eigenvalue weighted by molar-refractivity contribution is -0.139. The highest BCUT2D eigenvalue weighted by molar-refractivity contribution is 7.80. The van der Waals surface area contributed by atoms with E-state index in [0.29, 0.717) is 50.6 Å². The minimum absolute atomic E-state index is 0.222. The lowest BCUT2D eigenvalue weighted by atomic mass is 9.95. The first-order valence-corrected chi connectivity index (χ1v) is 15.0. The quantitative estimate of drug-likeness (QED) is 0.0796. The number of hydrogen-bond acceptors (Lipinski definition) is 7. The van der Waals surface area contributed by atoms with E-state index in [-0.39, 0.29) is 13.2 Å². The van der Waals surface area contributed by atoms with Crippen LogP contribution in [0.15, 0.2) is 101 Å². The molecule has 0 spiro atoms. The number of carbonyl (C=O) groups excluding carboxylic acids is 2. The summed E-state index contributed by atoms with van der Waals surface area (Å²) in [5, 5.41) is 13.2. The van der Waals surface area contributed by atoms with Gasteiger partial charge in [0, 0.05) is 21.8 Å². The van der Waals surface area contributed by atoms with Crippen LogP contribution >= 0.6 is 23.8 Å². The molecule has 0 saturated carbocycles. The maximum atomic E-state index is 12.8. The van der Waals surface area contributed by atoms with Gasteiger partial charge in [0.15, 0.2) is 11.7 Å². The van der Waals surface area contributed by atoms with E-state index in [1.807, 2.05) is 66.7 Å². The minimum atomic E-state index is -0.633. The number of nitrogens with one attached hydrogen (secondary N) is 3. The summed E-state index contributed by atoms with van der Waals surface area (Å²) in [7, 11) is 0. The average Bonchev–Trinajstić information content (AvgIpc) is 3.03. The van der Waals surface area contributed by atoms with Crippen LogP contribution < -0.4 is 25.5 Å². The van der Waals surface area contributed by atoms with Gasteiger partial charge in [-0.15, -0.1) is 0 Å². The number of ether oxygens (including phenoxy) is 3. The maximum absolute atomic E-state index is 12.8. The van der Waals surface area contributed by atoms with Crippen LogP contribution in [-0.4, -0.2) is 36.4 Å². The number of rotatable bonds is 11. The summed E-state index contributed by atoms with van der Waals surface area (Å²) in [6.07, 6.45) is 1.56. The zero-order chi connectivity index (χ0) is 31.8. The van der Waals surface area contributed by atoms with E-state index in [1.165, 1.54) is 0 Å². The zero-order valence-electron chi connectivity index (χ0n) is 24.6. The van der Waals surface area contributed by atoms with Crippen molar-refractivity contribution in [1.29, 1.82) is 0 Å². The van der Waals surface area contributed by atoms with E-state index in [9.17, 15) is 9.59 Å². The molecule has 4 aromatic rings. The summed E-state index contributed by atoms with van der Waals surface area (Å²) < 4.78 is 17.3. The van der Waals surface area contributed by atoms with Crippen molar-refractivity contribution in [2.24, 2.45) is 5.10 Å². The Morgan fingerprint density at radius 3 is 2.62 bits per heavy atom. The molecule has 1 aliphatic rings. The molecule has 45 heavy (non-hydrogen) atoms. The molecule has 1 amide bonds. The molecule has 5 rings (SSSR count). The van der Waals surface area contributed by atoms with Crippen LogP contribution in [0.5, 0.6) is 11.5 Å². The Morgan fingerprint density at radius 2 is 1.80 bits per heavy atom. The topological polar surface area (TPSA) is 110 Å². The Bertz CT molecular complexity index is 1810. The molecule has 1 heterocycles. The number of hydrogen-bond donors (Lipinski definition) is 3. The van der Waals surface area contributed by atoms with Gasteiger partial charge >= 0.3 is 5.97 Å². The molecule has 11 heteroatoms. The summed E-state index contributed by atoms with van der Waals surface area (Å²) in [4.78, 5) is 25.6. The van der Waals surface area contributed by atoms with Crippen LogP contribution in [0.4, 0.5) is 0 Å². The van der Waals surface area contributed by atoms with Gasteiger partial charge in [-0.2, -0.15) is 5.10 Å². The van der Waals surface area contributed by atoms with E-state index in [0.717, 1.165) is 16.3 Å². The van der Waals surface area contributed by atoms with Crippen LogP contribution in [0.25, 0.3) is 10.8 Å². The third kappa shape index (κ3) is 7.78. The number of halogens is 1. The van der Waals surface area contributed by atoms with Gasteiger partial charge in [0.25, 0.3) is 5.91 Å². The highest BCUT2D eigenvalue weighted by atomic mass is 35.5. The van der Waals surface area contributed by atoms with E-state index in [2.05, 4.69) is 21.2 Å². The number of thiocarbonyl (C=S) groups is 1. The van der Waals surface area contributed by atoms with Gasteiger partial charge in [0.2, 0.25) is 0 Å². The highest BCUT2D eigenvalue weighted by Crippen LogP contribution is 2.34. The average molecular weight is 643 g/mol. The van der Waals surface area contributed by atoms with Gasteiger partial charge in [-0.05, 0) is 66.7 Å². The van der Waals surface area contributed by atoms with Gasteiger partial charge < -0.3 is 24.8 Å². The highest BCUT2D eigenvalue weighted by Gasteiger charge is 2.32. The normalized spacial score (nSPS) is 14.6. The third-order valence-electron chi connectivity index (χ3n) is 6.95. The van der Waals surface area contributed by atoms with Gasteiger partial charge in [-0.25, -0.2) is 10.2 Å². The number of nitrogens with zero attached hydrogens (tertiary/aromatic N) is 1. The Hall–Kier alpha value is -4.93. The van der Waals surface area contributed by atoms with Crippen molar-refractivity contribution >= 4 is 57.8 Å². The molecule has 9 nitrogen and oxygen atoms in total. The molecule has 3 N–H and O–H groups in total. The molecular weight excluding hydrogens is 612 g/mol. The first-order valence-electron chi connectivity index (χ1n) is 14.2. The number of para-hydroxylation sites is 1. The Balaban J connectivity index is 1.29. The van der Waals surface area contributed by atoms with Crippen molar-refractivity contribution in [2.45, 2.75) is 26.5 Å². The second-order valence-electron chi connectivity index (χ2n) is 10.0. The molecule has 0 aliphatic carbocycles. The van der Waals surface area contributed by atoms with E-state index in [1.54, 1.807) is 38.3 Å². The standard InChI is InChI=1S/C34H31ClN4O5S/c1-3-42-33(41)31-21(2)37-34(45)38-32(31)26-13-6-7-14-28(26)44-20-30(40)39-36-18-27-25-12-5-4-10-23(25)15-16-29(27)43-19-22-9-8-11-24(35)17-22/h4-18,32H,3,19-20H2,1-2H3,(H,39,40)(H2,37,38,45)/t32-/m0/s1. The number of esters is 1. The number of benzene rings is 4. The summed E-state index contributed by atoms with van der Waals surface area (Å²) in [5.74, 6) is 0.0479. The second kappa shape index (κ2) is 14.7. The van der Waals surface area contributed by atoms with Gasteiger partial charge in [-0.3, -0.25) is 4.79 Å². The third-order valence-corrected chi connectivity index (χ3v) is 7.41. The van der Waals surface area contributed by atoms with Crippen LogP contribution in [0.3, 0.4) is 0 Å². The van der Waals surface area contributed by atoms with Crippen LogP contribution in [0.1, 0.15) is 36.6 Å². The molecular formula is C34H31ClN4O5S. The fourth-order valence-corrected chi connectivity index (χ4v) is 5.41. The van der Waals surface area contributed by atoms with Gasteiger partial charge in [0.05, 0.1) is 24.4 Å². The Kier molecular flexibility index (Phi) is 10.3. The predicted octanol–water partition coefficient (Wildman–Crippen LogP) is 5.96. The number of carbonyl (C=O) groups is 2. The Labute approximate surface area is 271 Å². The lowest BCUT2D eigenvalue weighted by Gasteiger charge is -2.30. The van der Waals surface area contributed by atoms with E-state index >= 15 is 0 Å². The number of hydrazone groups is 1. The zero-order valence-corrected chi connectivity index (χ0v) is 26.2. The summed E-state index contributed by atoms with van der Waals surface area (Å²) >= 11 is 11.5. The van der Waals surface area contributed by atoms with E-state index in [4.69, 9.17) is 38.0 Å². The largest absolute Gasteiger partial charge is 0.488 e. The fraction of sp³-hybridized carbons (Fsp3) is 0.176. The van der Waals surface area contributed by atoms with E-state index < -0.39 is 17.9 Å². The molecule has 0 aromatic heterocycles. The van der Waals surface area contributed by atoms with Crippen molar-refractivity contribution in [3.05, 3.63) is 118 Å². The maximum Gasteiger partial charge on any atom is 0.338 e. The fourth-order valence-electron chi connectivity index (χ4n) is 4.92. The SMILES string of the molecule is CCOC(=O)C1=C(C)NC(=S)N[C@H]1c1ccccc1OCC(=O)NN=Cc1c(OCc2cccc(Cl)c2)ccc2ccccc12. The predicted molar refractivity (Wildman–Crippen MR) is 178 cm³/mol. The van der Waals surface area contributed by atoms with Crippen LogP contribution in [0.2, 0.25) is 5.02 Å².